The van der Waals surface area contributed by atoms with Gasteiger partial charge in [0.25, 0.3) is 0 Å². The zero-order chi connectivity index (χ0) is 15.9. The van der Waals surface area contributed by atoms with Gasteiger partial charge in [-0.3, -0.25) is 4.98 Å². The summed E-state index contributed by atoms with van der Waals surface area (Å²) in [5.41, 5.74) is 1.52. The van der Waals surface area contributed by atoms with Crippen molar-refractivity contribution in [2.24, 2.45) is 0 Å². The summed E-state index contributed by atoms with van der Waals surface area (Å²) >= 11 is 0. The summed E-state index contributed by atoms with van der Waals surface area (Å²) in [7, 11) is 0. The number of hydrogen-bond donors (Lipinski definition) is 0. The molecule has 2 aromatic rings. The SMILES string of the molecule is FC(F)Oc1ccc([CH]Cc2ccncc2)cc1OC(F)F. The van der Waals surface area contributed by atoms with Crippen LogP contribution < -0.4 is 9.47 Å². The highest BCUT2D eigenvalue weighted by atomic mass is 19.3. The van der Waals surface area contributed by atoms with Crippen LogP contribution >= 0.6 is 0 Å². The Labute approximate surface area is 124 Å². The molecule has 0 N–H and O–H groups in total. The van der Waals surface area contributed by atoms with Gasteiger partial charge in [0.1, 0.15) is 0 Å². The quantitative estimate of drug-likeness (QED) is 0.722. The zero-order valence-corrected chi connectivity index (χ0v) is 11.3. The highest BCUT2D eigenvalue weighted by Crippen LogP contribution is 2.31. The van der Waals surface area contributed by atoms with E-state index in [1.807, 2.05) is 0 Å². The van der Waals surface area contributed by atoms with Gasteiger partial charge in [-0.15, -0.1) is 0 Å². The molecule has 3 nitrogen and oxygen atoms in total. The highest BCUT2D eigenvalue weighted by molar-refractivity contribution is 5.45. The Kier molecular flexibility index (Phi) is 5.57. The standard InChI is InChI=1S/C15H12F4NO2/c16-14(17)21-12-4-3-11(9-13(12)22-15(18)19)2-1-10-5-7-20-8-6-10/h2-9,14-15H,1H2. The fourth-order valence-corrected chi connectivity index (χ4v) is 1.79. The number of benzene rings is 1. The molecule has 2 rings (SSSR count). The minimum Gasteiger partial charge on any atom is -0.431 e. The van der Waals surface area contributed by atoms with E-state index < -0.39 is 24.7 Å². The number of aromatic nitrogens is 1. The molecule has 1 heterocycles. The summed E-state index contributed by atoms with van der Waals surface area (Å²) in [5.74, 6) is -0.866. The molecular formula is C15H12F4NO2. The third kappa shape index (κ3) is 4.91. The smallest absolute Gasteiger partial charge is 0.387 e. The second kappa shape index (κ2) is 7.63. The van der Waals surface area contributed by atoms with Crippen LogP contribution in [-0.2, 0) is 6.42 Å². The number of nitrogens with zero attached hydrogens (tertiary/aromatic N) is 1. The van der Waals surface area contributed by atoms with E-state index in [2.05, 4.69) is 14.5 Å². The molecule has 0 saturated carbocycles. The molecule has 1 radical (unpaired) electrons. The lowest BCUT2D eigenvalue weighted by Gasteiger charge is -2.13. The lowest BCUT2D eigenvalue weighted by atomic mass is 10.0. The number of halogens is 4. The second-order valence-corrected chi connectivity index (χ2v) is 4.23. The van der Waals surface area contributed by atoms with Crippen molar-refractivity contribution in [2.75, 3.05) is 0 Å². The monoisotopic (exact) mass is 314 g/mol. The van der Waals surface area contributed by atoms with Gasteiger partial charge in [-0.25, -0.2) is 0 Å². The van der Waals surface area contributed by atoms with Crippen LogP contribution in [0, 0.1) is 6.42 Å². The van der Waals surface area contributed by atoms with Gasteiger partial charge >= 0.3 is 13.2 Å². The fourth-order valence-electron chi connectivity index (χ4n) is 1.79. The molecule has 22 heavy (non-hydrogen) atoms. The number of pyridine rings is 1. The summed E-state index contributed by atoms with van der Waals surface area (Å²) in [6.07, 6.45) is 5.55. The van der Waals surface area contributed by atoms with Gasteiger partial charge in [-0.1, -0.05) is 6.07 Å². The highest BCUT2D eigenvalue weighted by Gasteiger charge is 2.15. The minimum absolute atomic E-state index is 0.432. The van der Waals surface area contributed by atoms with E-state index >= 15 is 0 Å². The van der Waals surface area contributed by atoms with Crippen molar-refractivity contribution in [3.8, 4) is 11.5 Å². The van der Waals surface area contributed by atoms with Gasteiger partial charge in [-0.2, -0.15) is 17.6 Å². The van der Waals surface area contributed by atoms with Crippen molar-refractivity contribution in [3.63, 3.8) is 0 Å². The van der Waals surface area contributed by atoms with E-state index in [9.17, 15) is 17.6 Å². The molecule has 0 amide bonds. The molecule has 1 aromatic carbocycles. The largest absolute Gasteiger partial charge is 0.431 e. The fraction of sp³-hybridized carbons (Fsp3) is 0.200. The summed E-state index contributed by atoms with van der Waals surface area (Å²) in [6, 6.07) is 7.49. The van der Waals surface area contributed by atoms with Crippen LogP contribution in [0.15, 0.2) is 42.7 Å². The van der Waals surface area contributed by atoms with E-state index in [0.29, 0.717) is 12.0 Å². The molecule has 1 aromatic heterocycles. The summed E-state index contributed by atoms with van der Waals surface area (Å²) in [4.78, 5) is 3.88. The Hall–Kier alpha value is -2.31. The van der Waals surface area contributed by atoms with Gasteiger partial charge in [0.15, 0.2) is 11.5 Å². The van der Waals surface area contributed by atoms with Crippen LogP contribution in [0.4, 0.5) is 17.6 Å². The first-order chi connectivity index (χ1) is 10.5. The Morgan fingerprint density at radius 3 is 2.18 bits per heavy atom. The van der Waals surface area contributed by atoms with Crippen LogP contribution in [0.5, 0.6) is 11.5 Å². The van der Waals surface area contributed by atoms with Crippen molar-refractivity contribution in [1.82, 2.24) is 4.98 Å². The number of ether oxygens (including phenoxy) is 2. The first kappa shape index (κ1) is 16.1. The maximum Gasteiger partial charge on any atom is 0.387 e. The lowest BCUT2D eigenvalue weighted by molar-refractivity contribution is -0.0692. The minimum atomic E-state index is -3.13. The molecule has 0 saturated heterocycles. The molecule has 0 unspecified atom stereocenters. The predicted octanol–water partition coefficient (Wildman–Crippen LogP) is 4.08. The van der Waals surface area contributed by atoms with Gasteiger partial charge < -0.3 is 9.47 Å². The Morgan fingerprint density at radius 1 is 0.909 bits per heavy atom. The first-order valence-corrected chi connectivity index (χ1v) is 6.30. The second-order valence-electron chi connectivity index (χ2n) is 4.23. The zero-order valence-electron chi connectivity index (χ0n) is 11.3. The van der Waals surface area contributed by atoms with Gasteiger partial charge in [0.05, 0.1) is 0 Å². The molecule has 0 fully saturated rings. The Bertz CT molecular complexity index is 593. The third-order valence-corrected chi connectivity index (χ3v) is 2.72. The molecule has 0 bridgehead atoms. The topological polar surface area (TPSA) is 31.4 Å². The molecule has 0 atom stereocenters. The van der Waals surface area contributed by atoms with Gasteiger partial charge in [-0.05, 0) is 48.2 Å². The lowest BCUT2D eigenvalue weighted by Crippen LogP contribution is -2.08. The average molecular weight is 314 g/mol. The molecular weight excluding hydrogens is 302 g/mol. The maximum absolute atomic E-state index is 12.3. The average Bonchev–Trinajstić information content (AvgIpc) is 2.47. The van der Waals surface area contributed by atoms with Crippen molar-refractivity contribution >= 4 is 0 Å². The maximum atomic E-state index is 12.3. The number of alkyl halides is 4. The molecule has 0 aliphatic carbocycles. The van der Waals surface area contributed by atoms with Crippen molar-refractivity contribution < 1.29 is 27.0 Å². The van der Waals surface area contributed by atoms with Crippen molar-refractivity contribution in [3.05, 3.63) is 60.3 Å². The van der Waals surface area contributed by atoms with Gasteiger partial charge in [0.2, 0.25) is 0 Å². The van der Waals surface area contributed by atoms with Gasteiger partial charge in [0, 0.05) is 12.4 Å². The molecule has 0 spiro atoms. The van der Waals surface area contributed by atoms with Crippen molar-refractivity contribution in [2.45, 2.75) is 19.6 Å². The summed E-state index contributed by atoms with van der Waals surface area (Å²) in [6.45, 7) is -6.25. The predicted molar refractivity (Wildman–Crippen MR) is 71.0 cm³/mol. The van der Waals surface area contributed by atoms with E-state index in [-0.39, 0.29) is 0 Å². The van der Waals surface area contributed by atoms with Crippen LogP contribution in [0.2, 0.25) is 0 Å². The third-order valence-electron chi connectivity index (χ3n) is 2.72. The van der Waals surface area contributed by atoms with E-state index in [0.717, 1.165) is 5.56 Å². The van der Waals surface area contributed by atoms with E-state index in [4.69, 9.17) is 0 Å². The Morgan fingerprint density at radius 2 is 1.55 bits per heavy atom. The van der Waals surface area contributed by atoms with Crippen LogP contribution in [-0.4, -0.2) is 18.2 Å². The normalized spacial score (nSPS) is 11.0. The van der Waals surface area contributed by atoms with E-state index in [1.165, 1.54) is 18.2 Å². The van der Waals surface area contributed by atoms with Crippen LogP contribution in [0.3, 0.4) is 0 Å². The van der Waals surface area contributed by atoms with Crippen LogP contribution in [0.1, 0.15) is 11.1 Å². The van der Waals surface area contributed by atoms with Crippen LogP contribution in [0.25, 0.3) is 0 Å². The molecule has 117 valence electrons. The molecule has 7 heteroatoms. The van der Waals surface area contributed by atoms with Crippen molar-refractivity contribution in [1.29, 1.82) is 0 Å². The Balaban J connectivity index is 2.11. The first-order valence-electron chi connectivity index (χ1n) is 6.30. The summed E-state index contributed by atoms with van der Waals surface area (Å²) < 4.78 is 57.5. The number of rotatable bonds is 7. The molecule has 0 aliphatic heterocycles. The number of hydrogen-bond acceptors (Lipinski definition) is 3. The van der Waals surface area contributed by atoms with E-state index in [1.54, 1.807) is 30.9 Å². The summed E-state index contributed by atoms with van der Waals surface area (Å²) in [5, 5.41) is 0. The molecule has 0 aliphatic rings.